The first-order valence-electron chi connectivity index (χ1n) is 8.72. The summed E-state index contributed by atoms with van der Waals surface area (Å²) in [5, 5.41) is 5.46. The molecule has 24 heavy (non-hydrogen) atoms. The normalized spacial score (nSPS) is 15.8. The van der Waals surface area contributed by atoms with Gasteiger partial charge >= 0.3 is 6.09 Å². The molecule has 138 valence electrons. The molecule has 7 heteroatoms. The van der Waals surface area contributed by atoms with E-state index in [1.54, 1.807) is 20.8 Å². The molecule has 0 aromatic carbocycles. The van der Waals surface area contributed by atoms with Gasteiger partial charge in [-0.2, -0.15) is 0 Å². The van der Waals surface area contributed by atoms with Crippen molar-refractivity contribution >= 4 is 17.9 Å². The van der Waals surface area contributed by atoms with Crippen LogP contribution < -0.4 is 10.6 Å². The quantitative estimate of drug-likeness (QED) is 0.769. The Morgan fingerprint density at radius 2 is 1.75 bits per heavy atom. The third kappa shape index (κ3) is 8.17. The molecule has 1 fully saturated rings. The van der Waals surface area contributed by atoms with Crippen LogP contribution in [-0.2, 0) is 14.3 Å². The van der Waals surface area contributed by atoms with E-state index in [0.29, 0.717) is 18.9 Å². The average molecular weight is 341 g/mol. The summed E-state index contributed by atoms with van der Waals surface area (Å²) >= 11 is 0. The lowest BCUT2D eigenvalue weighted by Crippen LogP contribution is -2.41. The highest BCUT2D eigenvalue weighted by Crippen LogP contribution is 2.17. The molecular formula is C17H31N3O4. The molecule has 0 bridgehead atoms. The molecule has 2 N–H and O–H groups in total. The Bertz CT molecular complexity index is 438. The van der Waals surface area contributed by atoms with Crippen molar-refractivity contribution in [2.24, 2.45) is 5.92 Å². The van der Waals surface area contributed by atoms with Crippen molar-refractivity contribution in [1.82, 2.24) is 15.5 Å². The molecule has 1 aliphatic rings. The van der Waals surface area contributed by atoms with Crippen molar-refractivity contribution in [3.63, 3.8) is 0 Å². The number of nitrogens with zero attached hydrogens (tertiary/aromatic N) is 1. The molecule has 0 radical (unpaired) electrons. The van der Waals surface area contributed by atoms with E-state index in [1.807, 2.05) is 11.8 Å². The van der Waals surface area contributed by atoms with Crippen LogP contribution in [0.15, 0.2) is 0 Å². The lowest BCUT2D eigenvalue weighted by molar-refractivity contribution is -0.132. The molecule has 0 aromatic rings. The van der Waals surface area contributed by atoms with E-state index in [2.05, 4.69) is 10.6 Å². The minimum absolute atomic E-state index is 0.0851. The van der Waals surface area contributed by atoms with Gasteiger partial charge in [-0.3, -0.25) is 9.59 Å². The average Bonchev–Trinajstić information content (AvgIpc) is 2.51. The van der Waals surface area contributed by atoms with Gasteiger partial charge < -0.3 is 20.3 Å². The highest BCUT2D eigenvalue weighted by Gasteiger charge is 2.22. The summed E-state index contributed by atoms with van der Waals surface area (Å²) in [5.41, 5.74) is -0.541. The molecule has 0 unspecified atom stereocenters. The van der Waals surface area contributed by atoms with Crippen LogP contribution in [0, 0.1) is 5.92 Å². The van der Waals surface area contributed by atoms with E-state index >= 15 is 0 Å². The number of nitrogens with one attached hydrogen (secondary N) is 2. The number of piperidine rings is 1. The maximum Gasteiger partial charge on any atom is 0.407 e. The summed E-state index contributed by atoms with van der Waals surface area (Å²) in [6.45, 7) is 9.67. The second kappa shape index (κ2) is 9.49. The van der Waals surface area contributed by atoms with Gasteiger partial charge in [0.15, 0.2) is 0 Å². The van der Waals surface area contributed by atoms with Gasteiger partial charge in [-0.1, -0.05) is 6.92 Å². The van der Waals surface area contributed by atoms with Gasteiger partial charge in [-0.25, -0.2) is 4.79 Å². The molecule has 0 saturated carbocycles. The van der Waals surface area contributed by atoms with Crippen molar-refractivity contribution in [2.45, 2.75) is 59.0 Å². The van der Waals surface area contributed by atoms with Crippen LogP contribution in [0.1, 0.15) is 53.4 Å². The Hall–Kier alpha value is -1.79. The zero-order chi connectivity index (χ0) is 18.2. The molecule has 3 amide bonds. The summed E-state index contributed by atoms with van der Waals surface area (Å²) < 4.78 is 5.10. The van der Waals surface area contributed by atoms with E-state index in [1.165, 1.54) is 0 Å². The number of carbonyl (C=O) groups is 3. The number of alkyl carbamates (subject to hydrolysis) is 1. The van der Waals surface area contributed by atoms with Crippen LogP contribution in [0.25, 0.3) is 0 Å². The number of likely N-dealkylation sites (tertiary alicyclic amines) is 1. The van der Waals surface area contributed by atoms with Crippen molar-refractivity contribution in [3.05, 3.63) is 0 Å². The summed E-state index contributed by atoms with van der Waals surface area (Å²) in [4.78, 5) is 36.8. The van der Waals surface area contributed by atoms with Gasteiger partial charge in [-0.05, 0) is 39.5 Å². The summed E-state index contributed by atoms with van der Waals surface area (Å²) in [5.74, 6) is 0.525. The molecule has 1 saturated heterocycles. The van der Waals surface area contributed by atoms with Gasteiger partial charge in [-0.15, -0.1) is 0 Å². The van der Waals surface area contributed by atoms with Crippen molar-refractivity contribution in [2.75, 3.05) is 26.2 Å². The highest BCUT2D eigenvalue weighted by atomic mass is 16.6. The Labute approximate surface area is 144 Å². The van der Waals surface area contributed by atoms with Crippen LogP contribution in [0.5, 0.6) is 0 Å². The Kier molecular flexibility index (Phi) is 8.01. The van der Waals surface area contributed by atoms with E-state index in [4.69, 9.17) is 4.74 Å². The van der Waals surface area contributed by atoms with E-state index in [-0.39, 0.29) is 24.8 Å². The third-order valence-corrected chi connectivity index (χ3v) is 3.88. The monoisotopic (exact) mass is 341 g/mol. The van der Waals surface area contributed by atoms with Crippen LogP contribution in [0.4, 0.5) is 4.79 Å². The van der Waals surface area contributed by atoms with Crippen molar-refractivity contribution in [1.29, 1.82) is 0 Å². The van der Waals surface area contributed by atoms with Gasteiger partial charge in [0, 0.05) is 39.0 Å². The van der Waals surface area contributed by atoms with Crippen LogP contribution in [0.2, 0.25) is 0 Å². The molecule has 0 aliphatic carbocycles. The fourth-order valence-electron chi connectivity index (χ4n) is 2.55. The Morgan fingerprint density at radius 1 is 1.12 bits per heavy atom. The lowest BCUT2D eigenvalue weighted by Gasteiger charge is -2.32. The van der Waals surface area contributed by atoms with Gasteiger partial charge in [0.25, 0.3) is 0 Å². The van der Waals surface area contributed by atoms with Crippen LogP contribution in [0.3, 0.4) is 0 Å². The maximum atomic E-state index is 11.8. The molecule has 1 heterocycles. The topological polar surface area (TPSA) is 87.7 Å². The minimum atomic E-state index is -0.541. The predicted octanol–water partition coefficient (Wildman–Crippen LogP) is 1.67. The molecule has 0 spiro atoms. The summed E-state index contributed by atoms with van der Waals surface area (Å²) in [6.07, 6.45) is 2.10. The largest absolute Gasteiger partial charge is 0.444 e. The summed E-state index contributed by atoms with van der Waals surface area (Å²) in [6, 6.07) is 0. The lowest BCUT2D eigenvalue weighted by atomic mass is 9.96. The van der Waals surface area contributed by atoms with Gasteiger partial charge in [0.05, 0.1) is 0 Å². The fourth-order valence-corrected chi connectivity index (χ4v) is 2.55. The molecule has 1 aliphatic heterocycles. The first-order valence-corrected chi connectivity index (χ1v) is 8.72. The first kappa shape index (κ1) is 20.3. The van der Waals surface area contributed by atoms with Crippen LogP contribution >= 0.6 is 0 Å². The fraction of sp³-hybridized carbons (Fsp3) is 0.824. The Balaban J connectivity index is 2.12. The Morgan fingerprint density at radius 3 is 2.29 bits per heavy atom. The SMILES string of the molecule is CCC(=O)N1CCC(CNC(=O)CCNC(=O)OC(C)(C)C)CC1. The molecule has 0 atom stereocenters. The standard InChI is InChI=1S/C17H31N3O4/c1-5-15(22)20-10-7-13(8-11-20)12-19-14(21)6-9-18-16(23)24-17(2,3)4/h13H,5-12H2,1-4H3,(H,18,23)(H,19,21). The second-order valence-electron chi connectivity index (χ2n) is 7.16. The number of rotatable bonds is 6. The molecule has 7 nitrogen and oxygen atoms in total. The molecular weight excluding hydrogens is 310 g/mol. The van der Waals surface area contributed by atoms with Crippen LogP contribution in [-0.4, -0.2) is 54.6 Å². The summed E-state index contributed by atoms with van der Waals surface area (Å²) in [7, 11) is 0. The number of ether oxygens (including phenoxy) is 1. The zero-order valence-corrected chi connectivity index (χ0v) is 15.3. The van der Waals surface area contributed by atoms with E-state index in [0.717, 1.165) is 25.9 Å². The van der Waals surface area contributed by atoms with E-state index in [9.17, 15) is 14.4 Å². The van der Waals surface area contributed by atoms with E-state index < -0.39 is 11.7 Å². The minimum Gasteiger partial charge on any atom is -0.444 e. The zero-order valence-electron chi connectivity index (χ0n) is 15.3. The second-order valence-corrected chi connectivity index (χ2v) is 7.16. The van der Waals surface area contributed by atoms with Gasteiger partial charge in [0.2, 0.25) is 11.8 Å². The predicted molar refractivity (Wildman–Crippen MR) is 91.5 cm³/mol. The molecule has 1 rings (SSSR count). The van der Waals surface area contributed by atoms with Crippen molar-refractivity contribution in [3.8, 4) is 0 Å². The van der Waals surface area contributed by atoms with Crippen molar-refractivity contribution < 1.29 is 19.1 Å². The first-order chi connectivity index (χ1) is 11.2. The number of amides is 3. The smallest absolute Gasteiger partial charge is 0.407 e. The van der Waals surface area contributed by atoms with Gasteiger partial charge in [0.1, 0.15) is 5.60 Å². The maximum absolute atomic E-state index is 11.8. The number of hydrogen-bond acceptors (Lipinski definition) is 4. The number of hydrogen-bond donors (Lipinski definition) is 2. The highest BCUT2D eigenvalue weighted by molar-refractivity contribution is 5.77. The third-order valence-electron chi connectivity index (χ3n) is 3.88. The molecule has 0 aromatic heterocycles. The number of carbonyl (C=O) groups excluding carboxylic acids is 3.